The van der Waals surface area contributed by atoms with Gasteiger partial charge in [0.05, 0.1) is 5.56 Å². The molecular formula is C14H21N3O. The predicted molar refractivity (Wildman–Crippen MR) is 73.6 cm³/mol. The molecule has 0 bridgehead atoms. The van der Waals surface area contributed by atoms with Gasteiger partial charge >= 0.3 is 0 Å². The van der Waals surface area contributed by atoms with Gasteiger partial charge in [-0.25, -0.2) is 0 Å². The largest absolute Gasteiger partial charge is 0.371 e. The van der Waals surface area contributed by atoms with E-state index in [2.05, 4.69) is 4.90 Å². The average molecular weight is 247 g/mol. The van der Waals surface area contributed by atoms with E-state index in [0.29, 0.717) is 5.56 Å². The first kappa shape index (κ1) is 12.9. The number of hydrogen-bond acceptors (Lipinski definition) is 3. The van der Waals surface area contributed by atoms with Crippen LogP contribution < -0.4 is 16.4 Å². The molecule has 1 fully saturated rings. The maximum absolute atomic E-state index is 11.4. The van der Waals surface area contributed by atoms with E-state index in [0.717, 1.165) is 50.5 Å². The zero-order chi connectivity index (χ0) is 13.0. The first-order valence-electron chi connectivity index (χ1n) is 6.56. The van der Waals surface area contributed by atoms with E-state index in [4.69, 9.17) is 11.5 Å². The molecule has 0 aliphatic carbocycles. The SMILES string of the molecule is NCCC1CCN(c2ccccc2C(N)=O)CC1. The molecule has 18 heavy (non-hydrogen) atoms. The lowest BCUT2D eigenvalue weighted by Crippen LogP contribution is -2.35. The van der Waals surface area contributed by atoms with Crippen LogP contribution in [0.5, 0.6) is 0 Å². The van der Waals surface area contributed by atoms with Gasteiger partial charge in [0.25, 0.3) is 5.91 Å². The number of para-hydroxylation sites is 1. The third-order valence-electron chi connectivity index (χ3n) is 3.70. The summed E-state index contributed by atoms with van der Waals surface area (Å²) in [6, 6.07) is 7.57. The fraction of sp³-hybridized carbons (Fsp3) is 0.500. The Balaban J connectivity index is 2.07. The van der Waals surface area contributed by atoms with Crippen LogP contribution in [0.4, 0.5) is 5.69 Å². The highest BCUT2D eigenvalue weighted by Gasteiger charge is 2.21. The van der Waals surface area contributed by atoms with Crippen LogP contribution in [-0.4, -0.2) is 25.5 Å². The molecule has 4 heteroatoms. The van der Waals surface area contributed by atoms with Crippen LogP contribution in [-0.2, 0) is 0 Å². The van der Waals surface area contributed by atoms with Crippen molar-refractivity contribution < 1.29 is 4.79 Å². The molecule has 1 aromatic rings. The summed E-state index contributed by atoms with van der Waals surface area (Å²) in [6.45, 7) is 2.73. The van der Waals surface area contributed by atoms with Crippen molar-refractivity contribution in [2.45, 2.75) is 19.3 Å². The first-order valence-corrected chi connectivity index (χ1v) is 6.56. The zero-order valence-corrected chi connectivity index (χ0v) is 10.6. The lowest BCUT2D eigenvalue weighted by Gasteiger charge is -2.34. The van der Waals surface area contributed by atoms with Crippen LogP contribution in [0.3, 0.4) is 0 Å². The van der Waals surface area contributed by atoms with Crippen LogP contribution in [0.25, 0.3) is 0 Å². The van der Waals surface area contributed by atoms with Crippen molar-refractivity contribution in [3.05, 3.63) is 29.8 Å². The molecule has 1 aromatic carbocycles. The minimum Gasteiger partial charge on any atom is -0.371 e. The molecule has 2 rings (SSSR count). The van der Waals surface area contributed by atoms with Crippen molar-refractivity contribution in [1.82, 2.24) is 0 Å². The fourth-order valence-electron chi connectivity index (χ4n) is 2.66. The topological polar surface area (TPSA) is 72.3 Å². The lowest BCUT2D eigenvalue weighted by atomic mass is 9.93. The third kappa shape index (κ3) is 2.82. The van der Waals surface area contributed by atoms with Crippen LogP contribution >= 0.6 is 0 Å². The van der Waals surface area contributed by atoms with Crippen LogP contribution in [0.15, 0.2) is 24.3 Å². The highest BCUT2D eigenvalue weighted by Crippen LogP contribution is 2.27. The summed E-state index contributed by atoms with van der Waals surface area (Å²) in [5, 5.41) is 0. The monoisotopic (exact) mass is 247 g/mol. The molecule has 1 amide bonds. The third-order valence-corrected chi connectivity index (χ3v) is 3.70. The van der Waals surface area contributed by atoms with Crippen molar-refractivity contribution in [2.24, 2.45) is 17.4 Å². The minimum atomic E-state index is -0.352. The standard InChI is InChI=1S/C14H21N3O/c15-8-5-11-6-9-17(10-7-11)13-4-2-1-3-12(13)14(16)18/h1-4,11H,5-10,15H2,(H2,16,18). The maximum atomic E-state index is 11.4. The maximum Gasteiger partial charge on any atom is 0.250 e. The van der Waals surface area contributed by atoms with E-state index in [-0.39, 0.29) is 5.91 Å². The summed E-state index contributed by atoms with van der Waals surface area (Å²) in [7, 11) is 0. The summed E-state index contributed by atoms with van der Waals surface area (Å²) in [5.74, 6) is 0.377. The first-order chi connectivity index (χ1) is 8.72. The Bertz CT molecular complexity index is 411. The molecule has 0 aromatic heterocycles. The molecule has 0 atom stereocenters. The molecule has 0 spiro atoms. The van der Waals surface area contributed by atoms with Gasteiger partial charge in [-0.05, 0) is 43.9 Å². The second-order valence-electron chi connectivity index (χ2n) is 4.89. The van der Waals surface area contributed by atoms with Gasteiger partial charge in [-0.2, -0.15) is 0 Å². The Morgan fingerprint density at radius 1 is 1.28 bits per heavy atom. The van der Waals surface area contributed by atoms with Crippen molar-refractivity contribution in [3.63, 3.8) is 0 Å². The molecule has 98 valence electrons. The Morgan fingerprint density at radius 2 is 1.94 bits per heavy atom. The van der Waals surface area contributed by atoms with Gasteiger partial charge in [0.1, 0.15) is 0 Å². The normalized spacial score (nSPS) is 16.8. The van der Waals surface area contributed by atoms with Gasteiger partial charge in [0, 0.05) is 18.8 Å². The van der Waals surface area contributed by atoms with E-state index in [1.165, 1.54) is 0 Å². The Labute approximate surface area is 108 Å². The Morgan fingerprint density at radius 3 is 2.56 bits per heavy atom. The molecule has 0 saturated carbocycles. The Kier molecular flexibility index (Phi) is 4.20. The number of carbonyl (C=O) groups excluding carboxylic acids is 1. The molecule has 1 aliphatic rings. The number of primary amides is 1. The van der Waals surface area contributed by atoms with Gasteiger partial charge in [-0.1, -0.05) is 12.1 Å². The molecule has 1 saturated heterocycles. The summed E-state index contributed by atoms with van der Waals surface area (Å²) in [5.41, 5.74) is 12.6. The number of hydrogen-bond donors (Lipinski definition) is 2. The number of piperidine rings is 1. The van der Waals surface area contributed by atoms with Gasteiger partial charge in [0.2, 0.25) is 0 Å². The molecule has 4 nitrogen and oxygen atoms in total. The number of carbonyl (C=O) groups is 1. The number of anilines is 1. The van der Waals surface area contributed by atoms with E-state index in [1.807, 2.05) is 18.2 Å². The number of nitrogens with zero attached hydrogens (tertiary/aromatic N) is 1. The van der Waals surface area contributed by atoms with Crippen LogP contribution in [0, 0.1) is 5.92 Å². The highest BCUT2D eigenvalue weighted by molar-refractivity contribution is 5.98. The lowest BCUT2D eigenvalue weighted by molar-refractivity contribution is 0.100. The van der Waals surface area contributed by atoms with E-state index >= 15 is 0 Å². The average Bonchev–Trinajstić information content (AvgIpc) is 2.40. The summed E-state index contributed by atoms with van der Waals surface area (Å²) in [6.07, 6.45) is 3.39. The van der Waals surface area contributed by atoms with Crippen molar-refractivity contribution >= 4 is 11.6 Å². The highest BCUT2D eigenvalue weighted by atomic mass is 16.1. The predicted octanol–water partition coefficient (Wildman–Crippen LogP) is 1.35. The van der Waals surface area contributed by atoms with Gasteiger partial charge < -0.3 is 16.4 Å². The Hall–Kier alpha value is -1.55. The number of rotatable bonds is 4. The molecule has 1 heterocycles. The quantitative estimate of drug-likeness (QED) is 0.843. The summed E-state index contributed by atoms with van der Waals surface area (Å²) >= 11 is 0. The molecule has 1 aliphatic heterocycles. The van der Waals surface area contributed by atoms with Crippen molar-refractivity contribution in [3.8, 4) is 0 Å². The van der Waals surface area contributed by atoms with Gasteiger partial charge in [-0.15, -0.1) is 0 Å². The van der Waals surface area contributed by atoms with Crippen LogP contribution in [0.1, 0.15) is 29.6 Å². The number of benzene rings is 1. The smallest absolute Gasteiger partial charge is 0.250 e. The number of amides is 1. The summed E-state index contributed by atoms with van der Waals surface area (Å²) in [4.78, 5) is 13.7. The molecule has 0 unspecified atom stereocenters. The van der Waals surface area contributed by atoms with Crippen molar-refractivity contribution in [2.75, 3.05) is 24.5 Å². The van der Waals surface area contributed by atoms with E-state index in [9.17, 15) is 4.79 Å². The van der Waals surface area contributed by atoms with Gasteiger partial charge in [0.15, 0.2) is 0 Å². The number of nitrogens with two attached hydrogens (primary N) is 2. The van der Waals surface area contributed by atoms with E-state index < -0.39 is 0 Å². The minimum absolute atomic E-state index is 0.352. The summed E-state index contributed by atoms with van der Waals surface area (Å²) < 4.78 is 0. The second kappa shape index (κ2) is 5.87. The molecule has 0 radical (unpaired) electrons. The zero-order valence-electron chi connectivity index (χ0n) is 10.6. The molecule has 4 N–H and O–H groups in total. The van der Waals surface area contributed by atoms with Gasteiger partial charge in [-0.3, -0.25) is 4.79 Å². The van der Waals surface area contributed by atoms with E-state index in [1.54, 1.807) is 6.07 Å². The van der Waals surface area contributed by atoms with Crippen LogP contribution in [0.2, 0.25) is 0 Å². The van der Waals surface area contributed by atoms with Crippen molar-refractivity contribution in [1.29, 1.82) is 0 Å². The molecular weight excluding hydrogens is 226 g/mol. The fourth-order valence-corrected chi connectivity index (χ4v) is 2.66. The second-order valence-corrected chi connectivity index (χ2v) is 4.89.